The molecule has 0 fully saturated rings. The van der Waals surface area contributed by atoms with E-state index in [0.29, 0.717) is 30.8 Å². The van der Waals surface area contributed by atoms with Gasteiger partial charge in [-0.25, -0.2) is 4.57 Å². The smallest absolute Gasteiger partial charge is 0.404 e. The molecule has 0 saturated heterocycles. The molecule has 2 unspecified atom stereocenters. The molecule has 5 heteroatoms. The Hall–Kier alpha value is -0.830. The molecule has 0 aromatic heterocycles. The maximum Gasteiger partial charge on any atom is 0.530 e. The summed E-state index contributed by atoms with van der Waals surface area (Å²) in [5, 5.41) is 0. The minimum atomic E-state index is -3.67. The molecule has 0 amide bonds. The molecular weight excluding hydrogens is 371 g/mol. The summed E-state index contributed by atoms with van der Waals surface area (Å²) >= 11 is 0. The highest BCUT2D eigenvalue weighted by Crippen LogP contribution is 2.51. The molecule has 1 aromatic carbocycles. The van der Waals surface area contributed by atoms with Crippen molar-refractivity contribution in [2.24, 2.45) is 11.8 Å². The Morgan fingerprint density at radius 1 is 0.857 bits per heavy atom. The van der Waals surface area contributed by atoms with Crippen LogP contribution < -0.4 is 4.52 Å². The van der Waals surface area contributed by atoms with Crippen LogP contribution in [0.15, 0.2) is 24.3 Å². The number of hydrogen-bond acceptors (Lipinski definition) is 4. The zero-order chi connectivity index (χ0) is 20.8. The van der Waals surface area contributed by atoms with Gasteiger partial charge in [0.1, 0.15) is 5.75 Å². The van der Waals surface area contributed by atoms with Crippen LogP contribution in [-0.2, 0) is 13.6 Å². The van der Waals surface area contributed by atoms with Crippen LogP contribution in [0.2, 0.25) is 0 Å². The van der Waals surface area contributed by atoms with Gasteiger partial charge in [0.05, 0.1) is 13.2 Å². The van der Waals surface area contributed by atoms with Gasteiger partial charge in [0.25, 0.3) is 0 Å². The maximum atomic E-state index is 13.5. The highest BCUT2D eigenvalue weighted by Gasteiger charge is 2.31. The Morgan fingerprint density at radius 2 is 1.36 bits per heavy atom. The number of rotatable bonds is 16. The first-order chi connectivity index (χ1) is 13.5. The summed E-state index contributed by atoms with van der Waals surface area (Å²) in [5.74, 6) is 1.31. The first-order valence-electron chi connectivity index (χ1n) is 11.1. The van der Waals surface area contributed by atoms with Crippen LogP contribution >= 0.6 is 7.82 Å². The number of para-hydroxylation sites is 1. The molecule has 0 spiro atoms. The third kappa shape index (κ3) is 9.58. The Labute approximate surface area is 173 Å². The van der Waals surface area contributed by atoms with E-state index in [1.807, 2.05) is 31.2 Å². The Bertz CT molecular complexity index is 551. The summed E-state index contributed by atoms with van der Waals surface area (Å²) in [7, 11) is -3.67. The zero-order valence-electron chi connectivity index (χ0n) is 18.6. The van der Waals surface area contributed by atoms with Crippen molar-refractivity contribution in [3.8, 4) is 5.75 Å². The van der Waals surface area contributed by atoms with Crippen molar-refractivity contribution in [1.29, 1.82) is 0 Å². The van der Waals surface area contributed by atoms with Gasteiger partial charge in [-0.1, -0.05) is 84.4 Å². The van der Waals surface area contributed by atoms with Crippen LogP contribution in [-0.4, -0.2) is 13.2 Å². The molecule has 0 saturated carbocycles. The second kappa shape index (κ2) is 14.2. The molecule has 162 valence electrons. The van der Waals surface area contributed by atoms with Crippen molar-refractivity contribution in [3.05, 3.63) is 29.8 Å². The van der Waals surface area contributed by atoms with Crippen LogP contribution in [0.3, 0.4) is 0 Å². The van der Waals surface area contributed by atoms with E-state index in [0.717, 1.165) is 56.9 Å². The first kappa shape index (κ1) is 25.2. The predicted molar refractivity (Wildman–Crippen MR) is 118 cm³/mol. The fourth-order valence-corrected chi connectivity index (χ4v) is 4.47. The molecule has 28 heavy (non-hydrogen) atoms. The van der Waals surface area contributed by atoms with E-state index in [2.05, 4.69) is 27.7 Å². The summed E-state index contributed by atoms with van der Waals surface area (Å²) < 4.78 is 31.0. The average molecular weight is 413 g/mol. The molecule has 0 aliphatic heterocycles. The molecule has 2 atom stereocenters. The summed E-state index contributed by atoms with van der Waals surface area (Å²) in [6.07, 6.45) is 8.76. The normalized spacial score (nSPS) is 15.8. The van der Waals surface area contributed by atoms with E-state index in [-0.39, 0.29) is 0 Å². The number of aryl methyl sites for hydroxylation is 1. The minimum Gasteiger partial charge on any atom is -0.404 e. The lowest BCUT2D eigenvalue weighted by Crippen LogP contribution is -2.14. The van der Waals surface area contributed by atoms with Gasteiger partial charge < -0.3 is 4.52 Å². The number of unbranched alkanes of at least 4 members (excludes halogenated alkanes) is 2. The van der Waals surface area contributed by atoms with Crippen LogP contribution in [0.1, 0.15) is 84.6 Å². The Morgan fingerprint density at radius 3 is 1.79 bits per heavy atom. The molecule has 4 nitrogen and oxygen atoms in total. The lowest BCUT2D eigenvalue weighted by atomic mass is 10.0. The van der Waals surface area contributed by atoms with E-state index in [1.165, 1.54) is 0 Å². The molecule has 1 rings (SSSR count). The zero-order valence-corrected chi connectivity index (χ0v) is 19.5. The summed E-state index contributed by atoms with van der Waals surface area (Å²) in [5.41, 5.74) is 0.922. The Balaban J connectivity index is 2.82. The molecule has 0 aliphatic carbocycles. The number of hydrogen-bond donors (Lipinski definition) is 0. The third-order valence-electron chi connectivity index (χ3n) is 5.33. The SMILES string of the molecule is CCCCC(CC)COP(=O)(OCC(CC)CCCC)Oc1ccccc1C. The van der Waals surface area contributed by atoms with E-state index < -0.39 is 7.82 Å². The van der Waals surface area contributed by atoms with Crippen molar-refractivity contribution < 1.29 is 18.1 Å². The van der Waals surface area contributed by atoms with Gasteiger partial charge in [-0.15, -0.1) is 0 Å². The monoisotopic (exact) mass is 412 g/mol. The number of benzene rings is 1. The molecule has 0 N–H and O–H groups in total. The molecule has 0 radical (unpaired) electrons. The summed E-state index contributed by atoms with van der Waals surface area (Å²) in [6, 6.07) is 7.56. The molecular formula is C23H41O4P. The van der Waals surface area contributed by atoms with Crippen molar-refractivity contribution in [2.75, 3.05) is 13.2 Å². The molecule has 1 aromatic rings. The molecule has 0 aliphatic rings. The lowest BCUT2D eigenvalue weighted by molar-refractivity contribution is 0.115. The van der Waals surface area contributed by atoms with E-state index in [9.17, 15) is 4.57 Å². The van der Waals surface area contributed by atoms with E-state index in [4.69, 9.17) is 13.6 Å². The molecule has 0 heterocycles. The average Bonchev–Trinajstić information content (AvgIpc) is 2.70. The first-order valence-corrected chi connectivity index (χ1v) is 12.6. The predicted octanol–water partition coefficient (Wildman–Crippen LogP) is 7.95. The largest absolute Gasteiger partial charge is 0.530 e. The Kier molecular flexibility index (Phi) is 12.8. The van der Waals surface area contributed by atoms with Gasteiger partial charge in [-0.05, 0) is 43.2 Å². The van der Waals surface area contributed by atoms with Crippen LogP contribution in [0.25, 0.3) is 0 Å². The van der Waals surface area contributed by atoms with E-state index >= 15 is 0 Å². The van der Waals surface area contributed by atoms with E-state index in [1.54, 1.807) is 0 Å². The third-order valence-corrected chi connectivity index (χ3v) is 6.68. The second-order valence-electron chi connectivity index (χ2n) is 7.73. The molecule has 0 bridgehead atoms. The fourth-order valence-electron chi connectivity index (χ4n) is 3.06. The quantitative estimate of drug-likeness (QED) is 0.258. The van der Waals surface area contributed by atoms with Crippen molar-refractivity contribution in [3.63, 3.8) is 0 Å². The standard InChI is InChI=1S/C23H41O4P/c1-6-10-15-21(8-3)18-25-28(24,26-19-22(9-4)16-11-7-2)27-23-17-13-12-14-20(23)5/h12-14,17,21-22H,6-11,15-16,18-19H2,1-5H3. The van der Waals surface area contributed by atoms with Crippen molar-refractivity contribution in [2.45, 2.75) is 86.0 Å². The van der Waals surface area contributed by atoms with Gasteiger partial charge in [0.15, 0.2) is 0 Å². The highest BCUT2D eigenvalue weighted by molar-refractivity contribution is 7.48. The number of phosphoric ester groups is 1. The van der Waals surface area contributed by atoms with Gasteiger partial charge in [0, 0.05) is 0 Å². The van der Waals surface area contributed by atoms with Gasteiger partial charge in [0.2, 0.25) is 0 Å². The second-order valence-corrected chi connectivity index (χ2v) is 9.32. The highest BCUT2D eigenvalue weighted by atomic mass is 31.2. The number of phosphoric acid groups is 1. The van der Waals surface area contributed by atoms with Crippen molar-refractivity contribution >= 4 is 7.82 Å². The van der Waals surface area contributed by atoms with Crippen molar-refractivity contribution in [1.82, 2.24) is 0 Å². The summed E-state index contributed by atoms with van der Waals surface area (Å²) in [6.45, 7) is 11.4. The van der Waals surface area contributed by atoms with Crippen LogP contribution in [0.5, 0.6) is 5.75 Å². The maximum absolute atomic E-state index is 13.5. The van der Waals surface area contributed by atoms with Gasteiger partial charge >= 0.3 is 7.82 Å². The topological polar surface area (TPSA) is 44.8 Å². The van der Waals surface area contributed by atoms with Gasteiger partial charge in [-0.3, -0.25) is 9.05 Å². The van der Waals surface area contributed by atoms with Crippen LogP contribution in [0, 0.1) is 18.8 Å². The minimum absolute atomic E-state index is 0.374. The van der Waals surface area contributed by atoms with Gasteiger partial charge in [-0.2, -0.15) is 0 Å². The lowest BCUT2D eigenvalue weighted by Gasteiger charge is -2.24. The van der Waals surface area contributed by atoms with Crippen LogP contribution in [0.4, 0.5) is 0 Å². The fraction of sp³-hybridized carbons (Fsp3) is 0.739. The summed E-state index contributed by atoms with van der Waals surface area (Å²) in [4.78, 5) is 0.